The fourth-order valence-electron chi connectivity index (χ4n) is 1.74. The molecule has 0 unspecified atom stereocenters. The van der Waals surface area contributed by atoms with Crippen LogP contribution in [-0.4, -0.2) is 0 Å². The largest absolute Gasteiger partial charge is 0.0985 e. The smallest absolute Gasteiger partial charge is 0.0221 e. The van der Waals surface area contributed by atoms with Crippen LogP contribution < -0.4 is 10.4 Å². The van der Waals surface area contributed by atoms with Gasteiger partial charge < -0.3 is 0 Å². The van der Waals surface area contributed by atoms with Gasteiger partial charge in [0, 0.05) is 0 Å². The van der Waals surface area contributed by atoms with Crippen LogP contribution in [0.5, 0.6) is 0 Å². The van der Waals surface area contributed by atoms with Crippen molar-refractivity contribution in [1.29, 1.82) is 0 Å². The van der Waals surface area contributed by atoms with Gasteiger partial charge in [0.05, 0.1) is 0 Å². The fraction of sp³-hybridized carbons (Fsp3) is 0.286. The summed E-state index contributed by atoms with van der Waals surface area (Å²) in [6.45, 7) is 12.2. The van der Waals surface area contributed by atoms with Gasteiger partial charge in [-0.15, -0.1) is 0 Å². The maximum Gasteiger partial charge on any atom is -0.0221 e. The minimum Gasteiger partial charge on any atom is -0.0985 e. The van der Waals surface area contributed by atoms with Crippen molar-refractivity contribution < 1.29 is 0 Å². The number of hydrogen-bond donors (Lipinski definition) is 0. The van der Waals surface area contributed by atoms with Gasteiger partial charge in [-0.25, -0.2) is 0 Å². The van der Waals surface area contributed by atoms with Crippen LogP contribution in [-0.2, 0) is 6.42 Å². The van der Waals surface area contributed by atoms with E-state index in [-0.39, 0.29) is 0 Å². The summed E-state index contributed by atoms with van der Waals surface area (Å²) >= 11 is 0. The van der Waals surface area contributed by atoms with Crippen molar-refractivity contribution >= 4 is 18.7 Å². The summed E-state index contributed by atoms with van der Waals surface area (Å²) in [5.41, 5.74) is 2.57. The third-order valence-electron chi connectivity index (χ3n) is 2.53. The molecular formula is C14H18. The summed E-state index contributed by atoms with van der Waals surface area (Å²) in [4.78, 5) is 0. The molecule has 0 saturated carbocycles. The van der Waals surface area contributed by atoms with Gasteiger partial charge in [-0.05, 0) is 34.9 Å². The lowest BCUT2D eigenvalue weighted by atomic mass is 9.99. The van der Waals surface area contributed by atoms with Gasteiger partial charge in [0.1, 0.15) is 0 Å². The topological polar surface area (TPSA) is 0 Å². The van der Waals surface area contributed by atoms with Crippen LogP contribution in [0.4, 0.5) is 0 Å². The zero-order valence-corrected chi connectivity index (χ0v) is 9.14. The molecule has 14 heavy (non-hydrogen) atoms. The first-order valence-electron chi connectivity index (χ1n) is 5.14. The second-order valence-corrected chi connectivity index (χ2v) is 3.44. The summed E-state index contributed by atoms with van der Waals surface area (Å²) in [6.07, 6.45) is 6.26. The first-order chi connectivity index (χ1) is 6.74. The highest BCUT2D eigenvalue weighted by atomic mass is 14.0. The average Bonchev–Trinajstić information content (AvgIpc) is 2.21. The lowest BCUT2D eigenvalue weighted by molar-refractivity contribution is 0.911. The molecule has 1 rings (SSSR count). The molecule has 0 aliphatic rings. The maximum absolute atomic E-state index is 4.14. The van der Waals surface area contributed by atoms with Gasteiger partial charge in [-0.2, -0.15) is 0 Å². The van der Waals surface area contributed by atoms with Crippen molar-refractivity contribution in [1.82, 2.24) is 0 Å². The van der Waals surface area contributed by atoms with E-state index in [0.29, 0.717) is 0 Å². The van der Waals surface area contributed by atoms with E-state index in [9.17, 15) is 0 Å². The van der Waals surface area contributed by atoms with Crippen molar-refractivity contribution in [3.8, 4) is 0 Å². The monoisotopic (exact) mass is 186 g/mol. The van der Waals surface area contributed by atoms with Gasteiger partial charge in [0.15, 0.2) is 0 Å². The van der Waals surface area contributed by atoms with E-state index in [1.54, 1.807) is 0 Å². The highest BCUT2D eigenvalue weighted by Crippen LogP contribution is 2.05. The molecule has 0 radical (unpaired) electrons. The Labute approximate surface area is 86.3 Å². The van der Waals surface area contributed by atoms with Crippen LogP contribution in [0.1, 0.15) is 31.4 Å². The molecule has 0 saturated heterocycles. The average molecular weight is 186 g/mol. The molecule has 0 aliphatic heterocycles. The molecule has 1 aromatic carbocycles. The van der Waals surface area contributed by atoms with Crippen LogP contribution >= 0.6 is 0 Å². The maximum atomic E-state index is 4.14. The van der Waals surface area contributed by atoms with E-state index >= 15 is 0 Å². The normalized spacial score (nSPS) is 11.7. The lowest BCUT2D eigenvalue weighted by Gasteiger charge is -2.05. The molecule has 0 heterocycles. The van der Waals surface area contributed by atoms with E-state index in [1.807, 2.05) is 13.0 Å². The molecule has 0 amide bonds. The van der Waals surface area contributed by atoms with Gasteiger partial charge in [0.2, 0.25) is 0 Å². The van der Waals surface area contributed by atoms with Gasteiger partial charge in [-0.1, -0.05) is 50.8 Å². The summed E-state index contributed by atoms with van der Waals surface area (Å²) in [5, 5.41) is 2.39. The Hall–Kier alpha value is -1.30. The Balaban J connectivity index is 3.47. The number of rotatable bonds is 3. The molecule has 0 heteroatoms. The third kappa shape index (κ3) is 1.95. The van der Waals surface area contributed by atoms with Crippen molar-refractivity contribution in [3.05, 3.63) is 40.3 Å². The fourth-order valence-corrected chi connectivity index (χ4v) is 1.74. The van der Waals surface area contributed by atoms with Crippen LogP contribution in [0.15, 0.2) is 18.7 Å². The van der Waals surface area contributed by atoms with E-state index in [1.165, 1.54) is 16.3 Å². The van der Waals surface area contributed by atoms with E-state index in [0.717, 1.165) is 18.1 Å². The molecule has 0 fully saturated rings. The molecule has 0 atom stereocenters. The summed E-state index contributed by atoms with van der Waals surface area (Å²) in [5.74, 6) is 0. The quantitative estimate of drug-likeness (QED) is 0.680. The van der Waals surface area contributed by atoms with Crippen LogP contribution in [0.25, 0.3) is 18.7 Å². The van der Waals surface area contributed by atoms with Crippen LogP contribution in [0, 0.1) is 0 Å². The highest BCUT2D eigenvalue weighted by molar-refractivity contribution is 5.53. The lowest BCUT2D eigenvalue weighted by Crippen LogP contribution is -2.27. The molecule has 0 bridgehead atoms. The first kappa shape index (κ1) is 10.8. The highest BCUT2D eigenvalue weighted by Gasteiger charge is 1.99. The molecular weight excluding hydrogens is 168 g/mol. The minimum absolute atomic E-state index is 1.09. The Kier molecular flexibility index (Phi) is 3.70. The van der Waals surface area contributed by atoms with Gasteiger partial charge in [0.25, 0.3) is 0 Å². The van der Waals surface area contributed by atoms with E-state index in [4.69, 9.17) is 0 Å². The van der Waals surface area contributed by atoms with Crippen molar-refractivity contribution in [2.45, 2.75) is 26.7 Å². The van der Waals surface area contributed by atoms with Gasteiger partial charge in [-0.3, -0.25) is 0 Å². The zero-order chi connectivity index (χ0) is 10.6. The Morgan fingerprint density at radius 3 is 2.57 bits per heavy atom. The molecule has 0 spiro atoms. The predicted molar refractivity (Wildman–Crippen MR) is 65.4 cm³/mol. The summed E-state index contributed by atoms with van der Waals surface area (Å²) < 4.78 is 0. The van der Waals surface area contributed by atoms with Crippen molar-refractivity contribution in [2.75, 3.05) is 0 Å². The molecule has 1 aromatic rings. The molecule has 0 nitrogen and oxygen atoms in total. The van der Waals surface area contributed by atoms with E-state index < -0.39 is 0 Å². The Bertz CT molecular complexity index is 424. The summed E-state index contributed by atoms with van der Waals surface area (Å²) in [7, 11) is 0. The number of benzene rings is 1. The zero-order valence-electron chi connectivity index (χ0n) is 9.14. The van der Waals surface area contributed by atoms with Crippen molar-refractivity contribution in [3.63, 3.8) is 0 Å². The molecule has 0 aliphatic carbocycles. The van der Waals surface area contributed by atoms with Crippen LogP contribution in [0.3, 0.4) is 0 Å². The van der Waals surface area contributed by atoms with E-state index in [2.05, 4.69) is 38.3 Å². The molecule has 74 valence electrons. The Morgan fingerprint density at radius 2 is 2.07 bits per heavy atom. The first-order valence-corrected chi connectivity index (χ1v) is 5.14. The SMILES string of the molecule is C=Cc1cc/c(=C/C)c(=C)c1CCC. The molecule has 0 aromatic heterocycles. The second kappa shape index (κ2) is 4.80. The van der Waals surface area contributed by atoms with Crippen LogP contribution in [0.2, 0.25) is 0 Å². The number of hydrogen-bond acceptors (Lipinski definition) is 0. The van der Waals surface area contributed by atoms with Crippen molar-refractivity contribution in [2.24, 2.45) is 0 Å². The predicted octanol–water partition coefficient (Wildman–Crippen LogP) is 2.49. The standard InChI is InChI=1S/C14H18/c1-5-8-14-11(4)12(6-2)9-10-13(14)7-3/h6-7,9-10H,3-5,8H2,1-2H3/b12-6-. The molecule has 0 N–H and O–H groups in total. The van der Waals surface area contributed by atoms with Gasteiger partial charge >= 0.3 is 0 Å². The minimum atomic E-state index is 1.09. The second-order valence-electron chi connectivity index (χ2n) is 3.44. The Morgan fingerprint density at radius 1 is 1.36 bits per heavy atom. The third-order valence-corrected chi connectivity index (χ3v) is 2.53. The summed E-state index contributed by atoms with van der Waals surface area (Å²) in [6, 6.07) is 4.24.